The molecule has 0 saturated carbocycles. The van der Waals surface area contributed by atoms with Crippen molar-refractivity contribution in [1.82, 2.24) is 19.4 Å². The number of urea groups is 1. The average molecular weight is 432 g/mol. The number of hydrogen-bond donors (Lipinski definition) is 1. The molecule has 0 bridgehead atoms. The minimum absolute atomic E-state index is 0.0672. The van der Waals surface area contributed by atoms with E-state index in [-0.39, 0.29) is 31.3 Å². The van der Waals surface area contributed by atoms with Crippen LogP contribution in [0.15, 0.2) is 42.6 Å². The van der Waals surface area contributed by atoms with E-state index in [1.165, 1.54) is 4.90 Å². The summed E-state index contributed by atoms with van der Waals surface area (Å²) in [5, 5.41) is 9.98. The van der Waals surface area contributed by atoms with Crippen molar-refractivity contribution in [3.05, 3.63) is 65.1 Å². The monoisotopic (exact) mass is 432 g/mol. The number of para-hydroxylation sites is 1. The van der Waals surface area contributed by atoms with Crippen molar-refractivity contribution in [3.8, 4) is 0 Å². The third kappa shape index (κ3) is 3.32. The van der Waals surface area contributed by atoms with Gasteiger partial charge in [-0.1, -0.05) is 24.3 Å². The number of amides is 3. The first-order chi connectivity index (χ1) is 15.4. The highest BCUT2D eigenvalue weighted by Crippen LogP contribution is 2.36. The third-order valence-corrected chi connectivity index (χ3v) is 6.40. The lowest BCUT2D eigenvalue weighted by Gasteiger charge is -2.28. The Labute approximate surface area is 185 Å². The van der Waals surface area contributed by atoms with Gasteiger partial charge in [0.1, 0.15) is 6.04 Å². The number of pyridine rings is 1. The van der Waals surface area contributed by atoms with Gasteiger partial charge in [-0.2, -0.15) is 0 Å². The number of aliphatic carboxylic acids is 1. The van der Waals surface area contributed by atoms with Gasteiger partial charge in [0.05, 0.1) is 6.54 Å². The summed E-state index contributed by atoms with van der Waals surface area (Å²) in [4.78, 5) is 44.1. The number of nitrogens with zero attached hydrogens (tertiary/aromatic N) is 4. The van der Waals surface area contributed by atoms with Gasteiger partial charge in [-0.05, 0) is 36.6 Å². The molecule has 2 aromatic heterocycles. The van der Waals surface area contributed by atoms with Crippen LogP contribution in [0.25, 0.3) is 10.9 Å². The number of aryl methyl sites for hydroxylation is 1. The first kappa shape index (κ1) is 20.2. The number of benzene rings is 1. The van der Waals surface area contributed by atoms with Crippen molar-refractivity contribution >= 4 is 28.8 Å². The molecular weight excluding hydrogens is 408 g/mol. The molecule has 1 N–H and O–H groups in total. The van der Waals surface area contributed by atoms with E-state index in [0.29, 0.717) is 19.5 Å². The van der Waals surface area contributed by atoms with Crippen LogP contribution in [0.3, 0.4) is 0 Å². The Bertz CT molecular complexity index is 1230. The minimum Gasteiger partial charge on any atom is -0.481 e. The summed E-state index contributed by atoms with van der Waals surface area (Å²) in [5.74, 6) is -1.16. The number of imide groups is 1. The second-order valence-electron chi connectivity index (χ2n) is 8.45. The van der Waals surface area contributed by atoms with Gasteiger partial charge in [-0.3, -0.25) is 19.5 Å². The Morgan fingerprint density at radius 1 is 1.19 bits per heavy atom. The number of rotatable bonds is 6. The first-order valence-corrected chi connectivity index (χ1v) is 10.8. The number of aromatic nitrogens is 2. The zero-order valence-electron chi connectivity index (χ0n) is 17.8. The molecule has 1 aromatic carbocycles. The predicted molar refractivity (Wildman–Crippen MR) is 117 cm³/mol. The van der Waals surface area contributed by atoms with Crippen LogP contribution in [0.2, 0.25) is 0 Å². The summed E-state index contributed by atoms with van der Waals surface area (Å²) in [6.07, 6.45) is 2.53. The summed E-state index contributed by atoms with van der Waals surface area (Å²) in [6, 6.07) is 11.3. The number of carbonyl (C=O) groups excluding carboxylic acids is 2. The zero-order valence-corrected chi connectivity index (χ0v) is 17.8. The summed E-state index contributed by atoms with van der Waals surface area (Å²) >= 11 is 0. The van der Waals surface area contributed by atoms with Gasteiger partial charge in [-0.15, -0.1) is 0 Å². The molecule has 32 heavy (non-hydrogen) atoms. The highest BCUT2D eigenvalue weighted by molar-refractivity contribution is 6.05. The molecule has 3 amide bonds. The lowest BCUT2D eigenvalue weighted by molar-refractivity contribution is -0.137. The molecule has 164 valence electrons. The molecule has 1 atom stereocenters. The van der Waals surface area contributed by atoms with Crippen LogP contribution in [-0.2, 0) is 29.1 Å². The van der Waals surface area contributed by atoms with Crippen molar-refractivity contribution < 1.29 is 19.5 Å². The zero-order chi connectivity index (χ0) is 22.4. The molecule has 0 spiro atoms. The van der Waals surface area contributed by atoms with Gasteiger partial charge >= 0.3 is 12.0 Å². The van der Waals surface area contributed by atoms with Crippen LogP contribution in [0.4, 0.5) is 4.79 Å². The summed E-state index contributed by atoms with van der Waals surface area (Å²) in [7, 11) is 0. The maximum atomic E-state index is 13.0. The summed E-state index contributed by atoms with van der Waals surface area (Å²) in [6.45, 7) is 3.08. The molecule has 8 heteroatoms. The van der Waals surface area contributed by atoms with E-state index in [2.05, 4.69) is 27.8 Å². The minimum atomic E-state index is -0.930. The van der Waals surface area contributed by atoms with Crippen LogP contribution >= 0.6 is 0 Å². The Balaban J connectivity index is 1.49. The molecule has 8 nitrogen and oxygen atoms in total. The standard InChI is InChI=1S/C24H24N4O4/c1-15-8-9-16(12-25-15)13-27-19-6-3-2-5-17(19)18-11-20-23(31)26(10-4-7-22(29)30)24(32)28(20)14-21(18)27/h2-3,5-6,8-9,12,20H,4,7,10-11,13-14H2,1H3,(H,29,30)/t20-/m0/s1. The van der Waals surface area contributed by atoms with Crippen LogP contribution in [0.1, 0.15) is 35.4 Å². The highest BCUT2D eigenvalue weighted by atomic mass is 16.4. The molecule has 1 saturated heterocycles. The Kier molecular flexibility index (Phi) is 4.92. The van der Waals surface area contributed by atoms with Crippen molar-refractivity contribution in [2.75, 3.05) is 6.54 Å². The van der Waals surface area contributed by atoms with Crippen molar-refractivity contribution in [1.29, 1.82) is 0 Å². The predicted octanol–water partition coefficient (Wildman–Crippen LogP) is 2.95. The lowest BCUT2D eigenvalue weighted by atomic mass is 9.97. The van der Waals surface area contributed by atoms with Gasteiger partial charge in [-0.25, -0.2) is 4.79 Å². The second-order valence-corrected chi connectivity index (χ2v) is 8.45. The number of carboxylic acids is 1. The molecule has 4 heterocycles. The largest absolute Gasteiger partial charge is 0.481 e. The van der Waals surface area contributed by atoms with E-state index in [0.717, 1.165) is 33.4 Å². The van der Waals surface area contributed by atoms with E-state index < -0.39 is 12.0 Å². The smallest absolute Gasteiger partial charge is 0.327 e. The first-order valence-electron chi connectivity index (χ1n) is 10.8. The van der Waals surface area contributed by atoms with Gasteiger partial charge in [0.15, 0.2) is 0 Å². The molecule has 5 rings (SSSR count). The Morgan fingerprint density at radius 3 is 2.75 bits per heavy atom. The summed E-state index contributed by atoms with van der Waals surface area (Å²) in [5.41, 5.74) is 5.25. The lowest BCUT2D eigenvalue weighted by Crippen LogP contribution is -2.40. The van der Waals surface area contributed by atoms with Gasteiger partial charge < -0.3 is 14.6 Å². The normalized spacial score (nSPS) is 17.7. The molecular formula is C24H24N4O4. The Hall–Kier alpha value is -3.68. The topological polar surface area (TPSA) is 95.7 Å². The van der Waals surface area contributed by atoms with Crippen molar-refractivity contribution in [2.24, 2.45) is 0 Å². The molecule has 0 aliphatic carbocycles. The third-order valence-electron chi connectivity index (χ3n) is 6.40. The van der Waals surface area contributed by atoms with Gasteiger partial charge in [0.25, 0.3) is 5.91 Å². The van der Waals surface area contributed by atoms with Gasteiger partial charge in [0, 0.05) is 54.4 Å². The quantitative estimate of drug-likeness (QED) is 0.604. The molecule has 3 aromatic rings. The van der Waals surface area contributed by atoms with Crippen molar-refractivity contribution in [2.45, 2.75) is 45.3 Å². The molecule has 0 unspecified atom stereocenters. The fourth-order valence-corrected chi connectivity index (χ4v) is 4.81. The maximum Gasteiger partial charge on any atom is 0.327 e. The van der Waals surface area contributed by atoms with E-state index >= 15 is 0 Å². The van der Waals surface area contributed by atoms with E-state index in [1.54, 1.807) is 4.90 Å². The average Bonchev–Trinajstić information content (AvgIpc) is 3.21. The SMILES string of the molecule is Cc1ccc(Cn2c3c(c4ccccc42)C[C@H]2C(=O)N(CCCC(=O)O)C(=O)N2C3)cn1. The number of fused-ring (bicyclic) bond motifs is 4. The summed E-state index contributed by atoms with van der Waals surface area (Å²) < 4.78 is 2.22. The van der Waals surface area contributed by atoms with Crippen LogP contribution in [0.5, 0.6) is 0 Å². The molecule has 2 aliphatic heterocycles. The molecule has 1 fully saturated rings. The second kappa shape index (κ2) is 7.78. The van der Waals surface area contributed by atoms with Crippen LogP contribution in [-0.4, -0.2) is 55.0 Å². The van der Waals surface area contributed by atoms with Crippen LogP contribution < -0.4 is 0 Å². The Morgan fingerprint density at radius 2 is 2.00 bits per heavy atom. The molecule has 2 aliphatic rings. The van der Waals surface area contributed by atoms with E-state index in [1.807, 2.05) is 31.3 Å². The number of hydrogen-bond acceptors (Lipinski definition) is 4. The fourth-order valence-electron chi connectivity index (χ4n) is 4.81. The van der Waals surface area contributed by atoms with E-state index in [4.69, 9.17) is 5.11 Å². The fraction of sp³-hybridized carbons (Fsp3) is 0.333. The number of carboxylic acid groups (broad SMARTS) is 1. The van der Waals surface area contributed by atoms with Gasteiger partial charge in [0.2, 0.25) is 0 Å². The maximum absolute atomic E-state index is 13.0. The molecule has 0 radical (unpaired) electrons. The van der Waals surface area contributed by atoms with E-state index in [9.17, 15) is 14.4 Å². The highest BCUT2D eigenvalue weighted by Gasteiger charge is 2.48. The number of carbonyl (C=O) groups is 3. The van der Waals surface area contributed by atoms with Crippen molar-refractivity contribution in [3.63, 3.8) is 0 Å². The van der Waals surface area contributed by atoms with Crippen LogP contribution in [0, 0.1) is 6.92 Å².